The van der Waals surface area contributed by atoms with Gasteiger partial charge in [0.25, 0.3) is 0 Å². The summed E-state index contributed by atoms with van der Waals surface area (Å²) in [5.41, 5.74) is 2.72. The van der Waals surface area contributed by atoms with E-state index in [1.165, 1.54) is 24.0 Å². The van der Waals surface area contributed by atoms with E-state index >= 15 is 0 Å². The lowest BCUT2D eigenvalue weighted by Crippen LogP contribution is -2.22. The first-order chi connectivity index (χ1) is 8.29. The van der Waals surface area contributed by atoms with E-state index in [-0.39, 0.29) is 6.10 Å². The lowest BCUT2D eigenvalue weighted by Gasteiger charge is -2.16. The zero-order valence-corrected chi connectivity index (χ0v) is 10.9. The molecule has 0 amide bonds. The number of hydrogen-bond acceptors (Lipinski definition) is 2. The molecular weight excluding hydrogens is 210 g/mol. The predicted molar refractivity (Wildman–Crippen MR) is 71.2 cm³/mol. The van der Waals surface area contributed by atoms with Crippen molar-refractivity contribution in [3.05, 3.63) is 35.4 Å². The van der Waals surface area contributed by atoms with Gasteiger partial charge >= 0.3 is 0 Å². The average molecular weight is 233 g/mol. The molecule has 2 heteroatoms. The molecule has 2 atom stereocenters. The Labute approximate surface area is 104 Å². The number of rotatable bonds is 3. The maximum absolute atomic E-state index is 5.94. The average Bonchev–Trinajstić information content (AvgIpc) is 2.56. The van der Waals surface area contributed by atoms with Crippen LogP contribution in [0.4, 0.5) is 0 Å². The fraction of sp³-hybridized carbons (Fsp3) is 0.600. The molecule has 1 heterocycles. The first-order valence-electron chi connectivity index (χ1n) is 6.70. The largest absolute Gasteiger partial charge is 0.372 e. The van der Waals surface area contributed by atoms with Gasteiger partial charge in [-0.15, -0.1) is 0 Å². The Bertz CT molecular complexity index is 333. The molecule has 0 spiro atoms. The number of aryl methyl sites for hydroxylation is 1. The fourth-order valence-electron chi connectivity index (χ4n) is 2.26. The van der Waals surface area contributed by atoms with E-state index in [4.69, 9.17) is 4.74 Å². The molecule has 0 radical (unpaired) electrons. The van der Waals surface area contributed by atoms with Crippen molar-refractivity contribution in [3.8, 4) is 0 Å². The van der Waals surface area contributed by atoms with Crippen molar-refractivity contribution in [2.24, 2.45) is 5.92 Å². The molecule has 0 bridgehead atoms. The van der Waals surface area contributed by atoms with Gasteiger partial charge in [-0.3, -0.25) is 0 Å². The van der Waals surface area contributed by atoms with E-state index in [1.807, 2.05) is 0 Å². The van der Waals surface area contributed by atoms with Gasteiger partial charge in [0.1, 0.15) is 0 Å². The van der Waals surface area contributed by atoms with Gasteiger partial charge in [-0.25, -0.2) is 0 Å². The molecule has 1 aliphatic heterocycles. The molecule has 2 rings (SSSR count). The summed E-state index contributed by atoms with van der Waals surface area (Å²) < 4.78 is 5.94. The van der Waals surface area contributed by atoms with E-state index in [0.29, 0.717) is 5.92 Å². The van der Waals surface area contributed by atoms with Gasteiger partial charge in [0.15, 0.2) is 0 Å². The second kappa shape index (κ2) is 6.18. The van der Waals surface area contributed by atoms with Crippen LogP contribution in [0.5, 0.6) is 0 Å². The molecule has 94 valence electrons. The molecule has 1 aromatic carbocycles. The monoisotopic (exact) mass is 233 g/mol. The third-order valence-corrected chi connectivity index (χ3v) is 3.29. The Morgan fingerprint density at radius 2 is 2.00 bits per heavy atom. The third-order valence-electron chi connectivity index (χ3n) is 3.29. The molecule has 1 N–H and O–H groups in total. The van der Waals surface area contributed by atoms with Crippen LogP contribution in [-0.2, 0) is 11.2 Å². The molecule has 0 saturated carbocycles. The molecule has 0 aromatic heterocycles. The van der Waals surface area contributed by atoms with Crippen LogP contribution in [0.1, 0.15) is 37.5 Å². The lowest BCUT2D eigenvalue weighted by atomic mass is 10.0. The van der Waals surface area contributed by atoms with Crippen LogP contribution in [0.2, 0.25) is 0 Å². The van der Waals surface area contributed by atoms with Crippen molar-refractivity contribution in [2.45, 2.75) is 32.8 Å². The van der Waals surface area contributed by atoms with Gasteiger partial charge in [-0.1, -0.05) is 44.5 Å². The van der Waals surface area contributed by atoms with Crippen molar-refractivity contribution in [2.75, 3.05) is 19.7 Å². The van der Waals surface area contributed by atoms with Crippen LogP contribution in [0, 0.1) is 5.92 Å². The van der Waals surface area contributed by atoms with Gasteiger partial charge in [-0.2, -0.15) is 0 Å². The summed E-state index contributed by atoms with van der Waals surface area (Å²) in [6.45, 7) is 7.28. The van der Waals surface area contributed by atoms with Crippen LogP contribution in [0.15, 0.2) is 24.3 Å². The molecule has 1 aromatic rings. The first kappa shape index (κ1) is 12.6. The maximum atomic E-state index is 5.94. The second-order valence-corrected chi connectivity index (χ2v) is 5.08. The van der Waals surface area contributed by atoms with Crippen molar-refractivity contribution in [1.29, 1.82) is 0 Å². The molecule has 0 aliphatic carbocycles. The quantitative estimate of drug-likeness (QED) is 0.866. The number of benzene rings is 1. The number of ether oxygens (including phenoxy) is 1. The topological polar surface area (TPSA) is 21.3 Å². The van der Waals surface area contributed by atoms with Gasteiger partial charge in [-0.05, 0) is 23.5 Å². The molecule has 1 aliphatic rings. The summed E-state index contributed by atoms with van der Waals surface area (Å²) in [6.07, 6.45) is 2.59. The summed E-state index contributed by atoms with van der Waals surface area (Å²) in [4.78, 5) is 0. The summed E-state index contributed by atoms with van der Waals surface area (Å²) in [6, 6.07) is 8.90. The van der Waals surface area contributed by atoms with E-state index in [9.17, 15) is 0 Å². The van der Waals surface area contributed by atoms with Crippen LogP contribution >= 0.6 is 0 Å². The van der Waals surface area contributed by atoms with Crippen LogP contribution in [0.25, 0.3) is 0 Å². The second-order valence-electron chi connectivity index (χ2n) is 5.08. The third kappa shape index (κ3) is 3.55. The summed E-state index contributed by atoms with van der Waals surface area (Å²) in [7, 11) is 0. The van der Waals surface area contributed by atoms with Crippen molar-refractivity contribution in [3.63, 3.8) is 0 Å². The highest BCUT2D eigenvalue weighted by atomic mass is 16.5. The summed E-state index contributed by atoms with van der Waals surface area (Å²) in [5.74, 6) is 0.611. The van der Waals surface area contributed by atoms with E-state index in [2.05, 4.69) is 43.4 Å². The van der Waals surface area contributed by atoms with Crippen molar-refractivity contribution >= 4 is 0 Å². The summed E-state index contributed by atoms with van der Waals surface area (Å²) in [5, 5.41) is 3.46. The highest BCUT2D eigenvalue weighted by Gasteiger charge is 2.17. The standard InChI is InChI=1S/C15H23NO/c1-3-4-13-5-7-14(8-6-13)15-10-16-9-12(2)11-17-15/h5-8,12,15-16H,3-4,9-11H2,1-2H3. The molecular formula is C15H23NO. The maximum Gasteiger partial charge on any atom is 0.0949 e. The minimum atomic E-state index is 0.218. The van der Waals surface area contributed by atoms with Crippen LogP contribution in [0.3, 0.4) is 0 Å². The van der Waals surface area contributed by atoms with E-state index in [1.54, 1.807) is 0 Å². The molecule has 17 heavy (non-hydrogen) atoms. The first-order valence-corrected chi connectivity index (χ1v) is 6.70. The van der Waals surface area contributed by atoms with Crippen LogP contribution < -0.4 is 5.32 Å². The normalized spacial score (nSPS) is 25.5. The minimum Gasteiger partial charge on any atom is -0.372 e. The van der Waals surface area contributed by atoms with Gasteiger partial charge in [0, 0.05) is 13.1 Å². The Morgan fingerprint density at radius 3 is 2.71 bits per heavy atom. The van der Waals surface area contributed by atoms with Gasteiger partial charge in [0.2, 0.25) is 0 Å². The Hall–Kier alpha value is -0.860. The highest BCUT2D eigenvalue weighted by molar-refractivity contribution is 5.24. The van der Waals surface area contributed by atoms with E-state index < -0.39 is 0 Å². The van der Waals surface area contributed by atoms with Crippen LogP contribution in [-0.4, -0.2) is 19.7 Å². The van der Waals surface area contributed by atoms with E-state index in [0.717, 1.165) is 19.7 Å². The zero-order valence-electron chi connectivity index (χ0n) is 10.9. The summed E-state index contributed by atoms with van der Waals surface area (Å²) >= 11 is 0. The Morgan fingerprint density at radius 1 is 1.24 bits per heavy atom. The number of nitrogens with one attached hydrogen (secondary N) is 1. The molecule has 1 fully saturated rings. The zero-order chi connectivity index (χ0) is 12.1. The predicted octanol–water partition coefficient (Wildman–Crippen LogP) is 2.94. The molecule has 2 nitrogen and oxygen atoms in total. The Kier molecular flexibility index (Phi) is 4.57. The number of hydrogen-bond donors (Lipinski definition) is 1. The van der Waals surface area contributed by atoms with Gasteiger partial charge in [0.05, 0.1) is 12.7 Å². The SMILES string of the molecule is CCCc1ccc(C2CNCC(C)CO2)cc1. The van der Waals surface area contributed by atoms with Crippen molar-refractivity contribution in [1.82, 2.24) is 5.32 Å². The smallest absolute Gasteiger partial charge is 0.0949 e. The fourth-order valence-corrected chi connectivity index (χ4v) is 2.26. The highest BCUT2D eigenvalue weighted by Crippen LogP contribution is 2.20. The van der Waals surface area contributed by atoms with Gasteiger partial charge < -0.3 is 10.1 Å². The molecule has 1 saturated heterocycles. The minimum absolute atomic E-state index is 0.218. The lowest BCUT2D eigenvalue weighted by molar-refractivity contribution is 0.0515. The Balaban J connectivity index is 2.00. The molecule has 2 unspecified atom stereocenters. The van der Waals surface area contributed by atoms with Crippen molar-refractivity contribution < 1.29 is 4.74 Å².